The van der Waals surface area contributed by atoms with Crippen molar-refractivity contribution in [1.82, 2.24) is 14.9 Å². The normalized spacial score (nSPS) is 23.3. The van der Waals surface area contributed by atoms with Crippen molar-refractivity contribution >= 4 is 23.1 Å². The van der Waals surface area contributed by atoms with E-state index in [4.69, 9.17) is 5.11 Å². The molecule has 2 aliphatic rings. The number of aliphatic carboxylic acids is 1. The molecule has 3 heterocycles. The van der Waals surface area contributed by atoms with Gasteiger partial charge in [-0.25, -0.2) is 4.52 Å². The summed E-state index contributed by atoms with van der Waals surface area (Å²) in [5.74, 6) is -1.13. The van der Waals surface area contributed by atoms with Crippen LogP contribution in [-0.2, 0) is 4.79 Å². The van der Waals surface area contributed by atoms with E-state index in [-0.39, 0.29) is 17.9 Å². The van der Waals surface area contributed by atoms with Gasteiger partial charge in [0.05, 0.1) is 23.2 Å². The van der Waals surface area contributed by atoms with Gasteiger partial charge in [-0.2, -0.15) is 5.10 Å². The van der Waals surface area contributed by atoms with Crippen molar-refractivity contribution in [2.24, 2.45) is 5.92 Å². The molecule has 2 aromatic heterocycles. The maximum atomic E-state index is 12.7. The summed E-state index contributed by atoms with van der Waals surface area (Å²) in [6, 6.07) is 4.11. The predicted octanol–water partition coefficient (Wildman–Crippen LogP) is 2.31. The van der Waals surface area contributed by atoms with Gasteiger partial charge in [0.15, 0.2) is 0 Å². The molecule has 2 aromatic rings. The molecule has 4 rings (SSSR count). The second-order valence-electron chi connectivity index (χ2n) is 7.33. The van der Waals surface area contributed by atoms with Crippen molar-refractivity contribution in [3.8, 4) is 0 Å². The number of hydrogen-bond donors (Lipinski definition) is 2. The van der Waals surface area contributed by atoms with Crippen LogP contribution in [0.4, 0.5) is 5.69 Å². The van der Waals surface area contributed by atoms with Gasteiger partial charge in [0.2, 0.25) is 0 Å². The van der Waals surface area contributed by atoms with Crippen LogP contribution in [-0.4, -0.2) is 45.7 Å². The third-order valence-electron chi connectivity index (χ3n) is 5.63. The lowest BCUT2D eigenvalue weighted by Gasteiger charge is -2.26. The Hall–Kier alpha value is -2.57. The molecule has 0 radical (unpaired) electrons. The Balaban J connectivity index is 1.48. The molecular weight excluding hydrogens is 332 g/mol. The van der Waals surface area contributed by atoms with E-state index in [0.29, 0.717) is 31.2 Å². The second kappa shape index (κ2) is 6.97. The largest absolute Gasteiger partial charge is 0.481 e. The van der Waals surface area contributed by atoms with E-state index in [9.17, 15) is 9.59 Å². The Morgan fingerprint density at radius 2 is 1.88 bits per heavy atom. The molecule has 0 bridgehead atoms. The fraction of sp³-hybridized carbons (Fsp3) is 0.526. The number of hydrogen-bond acceptors (Lipinski definition) is 4. The highest BCUT2D eigenvalue weighted by Crippen LogP contribution is 2.26. The highest BCUT2D eigenvalue weighted by atomic mass is 16.4. The van der Waals surface area contributed by atoms with E-state index < -0.39 is 5.97 Å². The summed E-state index contributed by atoms with van der Waals surface area (Å²) >= 11 is 0. The predicted molar refractivity (Wildman–Crippen MR) is 97.5 cm³/mol. The Morgan fingerprint density at radius 1 is 1.15 bits per heavy atom. The molecule has 26 heavy (non-hydrogen) atoms. The number of nitrogens with one attached hydrogen (secondary N) is 1. The van der Waals surface area contributed by atoms with Gasteiger partial charge in [-0.1, -0.05) is 0 Å². The monoisotopic (exact) mass is 356 g/mol. The lowest BCUT2D eigenvalue weighted by molar-refractivity contribution is -0.142. The standard InChI is InChI=1S/C19H24N4O3/c24-18(21-14-5-3-13(4-6-14)19(25)26)16-12-20-23-10-7-15(11-17(16)23)22-8-1-2-9-22/h7,10-14H,1-6,8-9H2,(H,21,24)(H,25,26). The molecule has 7 nitrogen and oxygen atoms in total. The maximum absolute atomic E-state index is 12.7. The molecule has 0 atom stereocenters. The number of nitrogens with zero attached hydrogens (tertiary/aromatic N) is 3. The van der Waals surface area contributed by atoms with E-state index >= 15 is 0 Å². The average molecular weight is 356 g/mol. The van der Waals surface area contributed by atoms with E-state index in [0.717, 1.165) is 24.3 Å². The fourth-order valence-electron chi connectivity index (χ4n) is 4.06. The van der Waals surface area contributed by atoms with Crippen molar-refractivity contribution in [2.75, 3.05) is 18.0 Å². The molecule has 1 aliphatic heterocycles. The first-order valence-corrected chi connectivity index (χ1v) is 9.38. The number of aromatic nitrogens is 2. The highest BCUT2D eigenvalue weighted by molar-refractivity contribution is 6.01. The Bertz CT molecular complexity index is 817. The number of anilines is 1. The van der Waals surface area contributed by atoms with E-state index in [2.05, 4.69) is 15.3 Å². The number of fused-ring (bicyclic) bond motifs is 1. The number of carbonyl (C=O) groups excluding carboxylic acids is 1. The van der Waals surface area contributed by atoms with Gasteiger partial charge in [-0.05, 0) is 50.7 Å². The molecule has 0 aromatic carbocycles. The fourth-order valence-corrected chi connectivity index (χ4v) is 4.06. The average Bonchev–Trinajstić information content (AvgIpc) is 3.31. The Labute approximate surface area is 152 Å². The summed E-state index contributed by atoms with van der Waals surface area (Å²) in [7, 11) is 0. The molecule has 0 spiro atoms. The zero-order chi connectivity index (χ0) is 18.1. The third-order valence-corrected chi connectivity index (χ3v) is 5.63. The molecule has 138 valence electrons. The van der Waals surface area contributed by atoms with Gasteiger partial charge in [0, 0.05) is 31.0 Å². The van der Waals surface area contributed by atoms with Crippen molar-refractivity contribution < 1.29 is 14.7 Å². The van der Waals surface area contributed by atoms with Gasteiger partial charge in [-0.15, -0.1) is 0 Å². The maximum Gasteiger partial charge on any atom is 0.306 e. The minimum atomic E-state index is -0.730. The SMILES string of the molecule is O=C(NC1CCC(C(=O)O)CC1)c1cnn2ccc(N3CCCC3)cc12. The lowest BCUT2D eigenvalue weighted by Crippen LogP contribution is -2.38. The summed E-state index contributed by atoms with van der Waals surface area (Å²) in [6.45, 7) is 2.11. The third kappa shape index (κ3) is 3.25. The Morgan fingerprint density at radius 3 is 2.58 bits per heavy atom. The van der Waals surface area contributed by atoms with Crippen molar-refractivity contribution in [3.63, 3.8) is 0 Å². The number of pyridine rings is 1. The first-order chi connectivity index (χ1) is 12.6. The number of carboxylic acids is 1. The summed E-state index contributed by atoms with van der Waals surface area (Å²) in [5.41, 5.74) is 2.52. The molecular formula is C19H24N4O3. The van der Waals surface area contributed by atoms with Crippen molar-refractivity contribution in [1.29, 1.82) is 0 Å². The minimum absolute atomic E-state index is 0.0369. The molecule has 2 fully saturated rings. The van der Waals surface area contributed by atoms with Crippen LogP contribution in [0.3, 0.4) is 0 Å². The van der Waals surface area contributed by atoms with Gasteiger partial charge < -0.3 is 15.3 Å². The van der Waals surface area contributed by atoms with Gasteiger partial charge in [0.1, 0.15) is 0 Å². The summed E-state index contributed by atoms with van der Waals surface area (Å²) in [6.07, 6.45) is 8.58. The van der Waals surface area contributed by atoms with Crippen molar-refractivity contribution in [2.45, 2.75) is 44.6 Å². The zero-order valence-electron chi connectivity index (χ0n) is 14.7. The van der Waals surface area contributed by atoms with E-state index in [1.807, 2.05) is 18.3 Å². The van der Waals surface area contributed by atoms with Crippen LogP contribution in [0.5, 0.6) is 0 Å². The zero-order valence-corrected chi connectivity index (χ0v) is 14.7. The van der Waals surface area contributed by atoms with Crippen LogP contribution in [0, 0.1) is 5.92 Å². The van der Waals surface area contributed by atoms with Gasteiger partial charge in [-0.3, -0.25) is 9.59 Å². The van der Waals surface area contributed by atoms with Crippen molar-refractivity contribution in [3.05, 3.63) is 30.1 Å². The van der Waals surface area contributed by atoms with Crippen LogP contribution in [0.15, 0.2) is 24.5 Å². The molecule has 2 N–H and O–H groups in total. The number of rotatable bonds is 4. The van der Waals surface area contributed by atoms with Crippen LogP contribution in [0.1, 0.15) is 48.9 Å². The molecule has 0 unspecified atom stereocenters. The lowest BCUT2D eigenvalue weighted by atomic mass is 9.86. The summed E-state index contributed by atoms with van der Waals surface area (Å²) in [5, 5.41) is 16.4. The molecule has 7 heteroatoms. The first-order valence-electron chi connectivity index (χ1n) is 9.38. The molecule has 1 amide bonds. The number of carboxylic acid groups (broad SMARTS) is 1. The molecule has 1 saturated carbocycles. The number of carbonyl (C=O) groups is 2. The topological polar surface area (TPSA) is 86.9 Å². The molecule has 1 aliphatic carbocycles. The first kappa shape index (κ1) is 16.9. The van der Waals surface area contributed by atoms with Crippen LogP contribution in [0.2, 0.25) is 0 Å². The van der Waals surface area contributed by atoms with E-state index in [1.54, 1.807) is 10.7 Å². The highest BCUT2D eigenvalue weighted by Gasteiger charge is 2.27. The van der Waals surface area contributed by atoms with Crippen LogP contribution in [0.25, 0.3) is 5.52 Å². The quantitative estimate of drug-likeness (QED) is 0.878. The van der Waals surface area contributed by atoms with Crippen LogP contribution >= 0.6 is 0 Å². The summed E-state index contributed by atoms with van der Waals surface area (Å²) < 4.78 is 1.73. The minimum Gasteiger partial charge on any atom is -0.481 e. The Kier molecular flexibility index (Phi) is 4.53. The van der Waals surface area contributed by atoms with Gasteiger partial charge >= 0.3 is 5.97 Å². The smallest absolute Gasteiger partial charge is 0.306 e. The van der Waals surface area contributed by atoms with Crippen LogP contribution < -0.4 is 10.2 Å². The summed E-state index contributed by atoms with van der Waals surface area (Å²) in [4.78, 5) is 26.1. The molecule has 1 saturated heterocycles. The number of amides is 1. The second-order valence-corrected chi connectivity index (χ2v) is 7.33. The van der Waals surface area contributed by atoms with E-state index in [1.165, 1.54) is 12.8 Å². The van der Waals surface area contributed by atoms with Gasteiger partial charge in [0.25, 0.3) is 5.91 Å².